The van der Waals surface area contributed by atoms with E-state index >= 15 is 0 Å². The van der Waals surface area contributed by atoms with E-state index in [4.69, 9.17) is 5.11 Å². The number of hydrogen-bond donors (Lipinski definition) is 3. The van der Waals surface area contributed by atoms with Crippen molar-refractivity contribution in [2.75, 3.05) is 44.4 Å². The lowest BCUT2D eigenvalue weighted by Crippen LogP contribution is -2.25. The van der Waals surface area contributed by atoms with Gasteiger partial charge in [0.2, 0.25) is 0 Å². The Kier molecular flexibility index (Phi) is 15.3. The average molecular weight is 580 g/mol. The number of carboxylic acids is 1. The van der Waals surface area contributed by atoms with Crippen LogP contribution in [0.2, 0.25) is 0 Å². The Morgan fingerprint density at radius 3 is 1.81 bits per heavy atom. The van der Waals surface area contributed by atoms with Crippen LogP contribution in [0.3, 0.4) is 0 Å². The van der Waals surface area contributed by atoms with Gasteiger partial charge < -0.3 is 20.6 Å². The van der Waals surface area contributed by atoms with E-state index in [9.17, 15) is 14.4 Å². The first kappa shape index (κ1) is 35.0. The smallest absolute Gasteiger partial charge is 0.306 e. The minimum absolute atomic E-state index is 0.0729. The summed E-state index contributed by atoms with van der Waals surface area (Å²) in [6.07, 6.45) is 9.32. The summed E-state index contributed by atoms with van der Waals surface area (Å²) in [6, 6.07) is 11.1. The van der Waals surface area contributed by atoms with Gasteiger partial charge in [-0.25, -0.2) is 0 Å². The maximum absolute atomic E-state index is 13.5. The molecule has 2 aromatic rings. The molecule has 0 saturated heterocycles. The fourth-order valence-corrected chi connectivity index (χ4v) is 5.29. The van der Waals surface area contributed by atoms with Crippen LogP contribution in [0.4, 0.5) is 11.4 Å². The zero-order valence-electron chi connectivity index (χ0n) is 26.7. The first-order chi connectivity index (χ1) is 20.2. The van der Waals surface area contributed by atoms with Gasteiger partial charge >= 0.3 is 5.97 Å². The van der Waals surface area contributed by atoms with Crippen molar-refractivity contribution >= 4 is 28.9 Å². The van der Waals surface area contributed by atoms with Gasteiger partial charge in [0.1, 0.15) is 0 Å². The molecular formula is C35H53N3O4. The molecule has 2 atom stereocenters. The lowest BCUT2D eigenvalue weighted by atomic mass is 9.82. The molecule has 7 heteroatoms. The molecule has 0 fully saturated rings. The molecule has 1 aliphatic rings. The third-order valence-corrected chi connectivity index (χ3v) is 8.05. The van der Waals surface area contributed by atoms with Gasteiger partial charge in [0.25, 0.3) is 0 Å². The molecule has 2 aromatic carbocycles. The molecule has 0 saturated carbocycles. The number of unbranched alkanes of at least 4 members (excludes halogenated alkanes) is 2. The van der Waals surface area contributed by atoms with E-state index in [1.54, 1.807) is 12.1 Å². The summed E-state index contributed by atoms with van der Waals surface area (Å²) in [5.41, 5.74) is 3.52. The fraction of sp³-hybridized carbons (Fsp3) is 0.571. The van der Waals surface area contributed by atoms with Gasteiger partial charge in [0.05, 0.1) is 17.0 Å². The maximum atomic E-state index is 13.5. The SMILES string of the molecule is CCCCC(CC)C(=O)O.CCCCC(CC)CNc1ccc(NCCCN(C)C)c2c1C(=O)c1ccccc1C2=O. The normalized spacial score (nSPS) is 13.5. The molecule has 0 aromatic heterocycles. The molecule has 3 N–H and O–H groups in total. The molecule has 0 heterocycles. The number of fused-ring (bicyclic) bond motifs is 2. The summed E-state index contributed by atoms with van der Waals surface area (Å²) in [7, 11) is 4.09. The van der Waals surface area contributed by atoms with Gasteiger partial charge in [-0.05, 0) is 64.4 Å². The Morgan fingerprint density at radius 1 is 0.786 bits per heavy atom. The van der Waals surface area contributed by atoms with Crippen LogP contribution in [-0.2, 0) is 4.79 Å². The topological polar surface area (TPSA) is 98.7 Å². The summed E-state index contributed by atoms with van der Waals surface area (Å²) < 4.78 is 0. The molecule has 42 heavy (non-hydrogen) atoms. The van der Waals surface area contributed by atoms with Crippen molar-refractivity contribution in [1.29, 1.82) is 0 Å². The third kappa shape index (κ3) is 9.97. The van der Waals surface area contributed by atoms with E-state index in [1.165, 1.54) is 19.3 Å². The molecular weight excluding hydrogens is 526 g/mol. The average Bonchev–Trinajstić information content (AvgIpc) is 2.98. The zero-order chi connectivity index (χ0) is 31.1. The predicted octanol–water partition coefficient (Wildman–Crippen LogP) is 7.74. The van der Waals surface area contributed by atoms with Gasteiger partial charge in [0.15, 0.2) is 11.6 Å². The summed E-state index contributed by atoms with van der Waals surface area (Å²) >= 11 is 0. The van der Waals surface area contributed by atoms with Crippen molar-refractivity contribution < 1.29 is 19.5 Å². The van der Waals surface area contributed by atoms with Crippen LogP contribution in [0.1, 0.15) is 117 Å². The molecule has 0 aliphatic heterocycles. The number of nitrogens with zero attached hydrogens (tertiary/aromatic N) is 1. The second kappa shape index (κ2) is 18.4. The largest absolute Gasteiger partial charge is 0.481 e. The van der Waals surface area contributed by atoms with Gasteiger partial charge in [-0.1, -0.05) is 84.1 Å². The number of ketones is 2. The summed E-state index contributed by atoms with van der Waals surface area (Å²) in [5, 5.41) is 15.5. The highest BCUT2D eigenvalue weighted by molar-refractivity contribution is 6.31. The highest BCUT2D eigenvalue weighted by Gasteiger charge is 2.33. The number of carbonyl (C=O) groups is 3. The van der Waals surface area contributed by atoms with Gasteiger partial charge in [0, 0.05) is 35.6 Å². The van der Waals surface area contributed by atoms with E-state index < -0.39 is 5.97 Å². The molecule has 1 aliphatic carbocycles. The van der Waals surface area contributed by atoms with Crippen LogP contribution in [0.5, 0.6) is 0 Å². The quantitative estimate of drug-likeness (QED) is 0.141. The Hall–Kier alpha value is -3.19. The molecule has 3 rings (SSSR count). The van der Waals surface area contributed by atoms with Gasteiger partial charge in [-0.3, -0.25) is 14.4 Å². The van der Waals surface area contributed by atoms with Crippen molar-refractivity contribution in [3.63, 3.8) is 0 Å². The molecule has 0 radical (unpaired) electrons. The van der Waals surface area contributed by atoms with Crippen LogP contribution in [-0.4, -0.2) is 61.3 Å². The van der Waals surface area contributed by atoms with Crippen molar-refractivity contribution in [3.8, 4) is 0 Å². The van der Waals surface area contributed by atoms with Crippen LogP contribution in [0.15, 0.2) is 36.4 Å². The number of rotatable bonds is 17. The maximum Gasteiger partial charge on any atom is 0.306 e. The number of benzene rings is 2. The molecule has 232 valence electrons. The van der Waals surface area contributed by atoms with E-state index in [0.29, 0.717) is 28.2 Å². The number of carbonyl (C=O) groups excluding carboxylic acids is 2. The lowest BCUT2D eigenvalue weighted by Gasteiger charge is -2.25. The second-order valence-electron chi connectivity index (χ2n) is 11.6. The predicted molar refractivity (Wildman–Crippen MR) is 174 cm³/mol. The number of hydrogen-bond acceptors (Lipinski definition) is 6. The summed E-state index contributed by atoms with van der Waals surface area (Å²) in [6.45, 7) is 10.9. The van der Waals surface area contributed by atoms with Crippen molar-refractivity contribution in [3.05, 3.63) is 58.7 Å². The Balaban J connectivity index is 0.000000528. The lowest BCUT2D eigenvalue weighted by molar-refractivity contribution is -0.142. The van der Waals surface area contributed by atoms with Crippen LogP contribution < -0.4 is 10.6 Å². The van der Waals surface area contributed by atoms with Crippen molar-refractivity contribution in [2.24, 2.45) is 11.8 Å². The Morgan fingerprint density at radius 2 is 1.33 bits per heavy atom. The molecule has 0 amide bonds. The minimum atomic E-state index is -0.643. The van der Waals surface area contributed by atoms with E-state index in [0.717, 1.165) is 69.5 Å². The van der Waals surface area contributed by atoms with E-state index in [1.807, 2.05) is 45.3 Å². The van der Waals surface area contributed by atoms with Crippen LogP contribution in [0, 0.1) is 11.8 Å². The highest BCUT2D eigenvalue weighted by Crippen LogP contribution is 2.36. The van der Waals surface area contributed by atoms with Crippen LogP contribution >= 0.6 is 0 Å². The number of aliphatic carboxylic acids is 1. The van der Waals surface area contributed by atoms with E-state index in [-0.39, 0.29) is 17.5 Å². The van der Waals surface area contributed by atoms with Crippen molar-refractivity contribution in [1.82, 2.24) is 4.90 Å². The first-order valence-corrected chi connectivity index (χ1v) is 15.9. The van der Waals surface area contributed by atoms with Gasteiger partial charge in [-0.15, -0.1) is 0 Å². The third-order valence-electron chi connectivity index (χ3n) is 8.05. The Labute approximate surface area is 253 Å². The van der Waals surface area contributed by atoms with E-state index in [2.05, 4.69) is 36.3 Å². The highest BCUT2D eigenvalue weighted by atomic mass is 16.4. The first-order valence-electron chi connectivity index (χ1n) is 15.9. The second-order valence-corrected chi connectivity index (χ2v) is 11.6. The number of nitrogens with one attached hydrogen (secondary N) is 2. The Bertz CT molecular complexity index is 1160. The minimum Gasteiger partial charge on any atom is -0.481 e. The number of carboxylic acid groups (broad SMARTS) is 1. The molecule has 0 bridgehead atoms. The van der Waals surface area contributed by atoms with Crippen LogP contribution in [0.25, 0.3) is 0 Å². The molecule has 7 nitrogen and oxygen atoms in total. The monoisotopic (exact) mass is 579 g/mol. The zero-order valence-corrected chi connectivity index (χ0v) is 26.7. The fourth-order valence-electron chi connectivity index (χ4n) is 5.29. The van der Waals surface area contributed by atoms with Gasteiger partial charge in [-0.2, -0.15) is 0 Å². The standard InChI is InChI=1S/C27H37N3O2.C8H16O2/c1-5-7-11-19(6-2)18-29-23-15-14-22(28-16-10-17-30(3)4)24-25(23)27(32)21-13-9-8-12-20(21)26(24)31;1-3-5-6-7(4-2)8(9)10/h8-9,12-15,19,28-29H,5-7,10-11,16-18H2,1-4H3;7H,3-6H2,1-2H3,(H,9,10). The summed E-state index contributed by atoms with van der Waals surface area (Å²) in [5.74, 6) is -0.352. The summed E-state index contributed by atoms with van der Waals surface area (Å²) in [4.78, 5) is 39.6. The molecule has 0 spiro atoms. The number of anilines is 2. The van der Waals surface area contributed by atoms with Crippen molar-refractivity contribution in [2.45, 2.75) is 85.5 Å². The molecule has 2 unspecified atom stereocenters.